The summed E-state index contributed by atoms with van der Waals surface area (Å²) in [6.07, 6.45) is 3.14. The van der Waals surface area contributed by atoms with Crippen molar-refractivity contribution < 1.29 is 23.1 Å². The molecule has 1 atom stereocenters. The third-order valence-electron chi connectivity index (χ3n) is 2.99. The van der Waals surface area contributed by atoms with Crippen LogP contribution in [0.25, 0.3) is 0 Å². The zero-order chi connectivity index (χ0) is 13.9. The molecule has 0 bridgehead atoms. The van der Waals surface area contributed by atoms with Crippen LogP contribution in [0, 0.1) is 0 Å². The summed E-state index contributed by atoms with van der Waals surface area (Å²) in [7, 11) is -2.77. The summed E-state index contributed by atoms with van der Waals surface area (Å²) in [6.45, 7) is 1.75. The highest BCUT2D eigenvalue weighted by molar-refractivity contribution is 7.71. The van der Waals surface area contributed by atoms with E-state index in [1.807, 2.05) is 12.1 Å². The van der Waals surface area contributed by atoms with Crippen molar-refractivity contribution in [2.75, 3.05) is 13.7 Å². The number of hydrogen-bond acceptors (Lipinski definition) is 5. The Bertz CT molecular complexity index is 526. The van der Waals surface area contributed by atoms with Gasteiger partial charge in [0.05, 0.1) is 13.7 Å². The van der Waals surface area contributed by atoms with Gasteiger partial charge in [0.25, 0.3) is 0 Å². The minimum absolute atomic E-state index is 0.108. The van der Waals surface area contributed by atoms with Crippen LogP contribution in [0.4, 0.5) is 4.79 Å². The Kier molecular flexibility index (Phi) is 4.27. The Morgan fingerprint density at radius 1 is 1.32 bits per heavy atom. The second-order valence-corrected chi connectivity index (χ2v) is 6.06. The lowest BCUT2D eigenvalue weighted by molar-refractivity contribution is 0.180. The quantitative estimate of drug-likeness (QED) is 0.774. The second kappa shape index (κ2) is 5.76. The Morgan fingerprint density at radius 3 is 2.74 bits per heavy atom. The van der Waals surface area contributed by atoms with Crippen LogP contribution >= 0.6 is 7.60 Å². The number of fused-ring (bicyclic) bond motifs is 1. The highest BCUT2D eigenvalue weighted by atomic mass is 31.2. The second-order valence-electron chi connectivity index (χ2n) is 4.26. The van der Waals surface area contributed by atoms with E-state index in [9.17, 15) is 9.36 Å². The first-order chi connectivity index (χ1) is 9.09. The minimum Gasteiger partial charge on any atom is -0.459 e. The molecule has 0 N–H and O–H groups in total. The summed E-state index contributed by atoms with van der Waals surface area (Å²) >= 11 is 0. The van der Waals surface area contributed by atoms with E-state index < -0.39 is 13.3 Å². The van der Waals surface area contributed by atoms with Gasteiger partial charge in [-0.2, -0.15) is 0 Å². The molecule has 0 aromatic heterocycles. The van der Waals surface area contributed by atoms with Crippen molar-refractivity contribution in [3.63, 3.8) is 0 Å². The summed E-state index contributed by atoms with van der Waals surface area (Å²) < 4.78 is 27.0. The Morgan fingerprint density at radius 2 is 2.05 bits per heavy atom. The molecule has 6 heteroatoms. The first-order valence-electron chi connectivity index (χ1n) is 6.23. The molecule has 2 rings (SSSR count). The van der Waals surface area contributed by atoms with Crippen LogP contribution in [0.3, 0.4) is 0 Å². The lowest BCUT2D eigenvalue weighted by Crippen LogP contribution is -2.09. The summed E-state index contributed by atoms with van der Waals surface area (Å²) in [5.41, 5.74) is 1.47. The van der Waals surface area contributed by atoms with Crippen molar-refractivity contribution in [3.05, 3.63) is 29.3 Å². The maximum Gasteiger partial charge on any atom is 0.487 e. The molecule has 19 heavy (non-hydrogen) atoms. The van der Waals surface area contributed by atoms with Crippen molar-refractivity contribution in [3.8, 4) is 5.75 Å². The van der Waals surface area contributed by atoms with Crippen molar-refractivity contribution >= 4 is 13.3 Å². The molecular weight excluding hydrogens is 267 g/mol. The molecule has 0 heterocycles. The zero-order valence-electron chi connectivity index (χ0n) is 11.0. The van der Waals surface area contributed by atoms with Crippen LogP contribution in [0.2, 0.25) is 0 Å². The molecule has 0 saturated carbocycles. The van der Waals surface area contributed by atoms with Gasteiger partial charge in [-0.3, -0.25) is 4.52 Å². The SMILES string of the molecule is CCOP(=O)(Oc1ccc2c(c1)CCC2)C(=O)OC. The van der Waals surface area contributed by atoms with Crippen LogP contribution in [-0.4, -0.2) is 19.4 Å². The predicted octanol–water partition coefficient (Wildman–Crippen LogP) is 3.55. The van der Waals surface area contributed by atoms with E-state index in [0.717, 1.165) is 26.4 Å². The van der Waals surface area contributed by atoms with E-state index >= 15 is 0 Å². The van der Waals surface area contributed by atoms with Crippen LogP contribution in [0.5, 0.6) is 5.75 Å². The van der Waals surface area contributed by atoms with E-state index in [2.05, 4.69) is 4.74 Å². The van der Waals surface area contributed by atoms with Gasteiger partial charge in [0.2, 0.25) is 0 Å². The third-order valence-corrected chi connectivity index (χ3v) is 4.67. The van der Waals surface area contributed by atoms with Gasteiger partial charge in [-0.1, -0.05) is 6.07 Å². The smallest absolute Gasteiger partial charge is 0.459 e. The fraction of sp³-hybridized carbons (Fsp3) is 0.462. The van der Waals surface area contributed by atoms with E-state index in [-0.39, 0.29) is 6.61 Å². The molecule has 0 fully saturated rings. The molecule has 0 radical (unpaired) electrons. The summed E-state index contributed by atoms with van der Waals surface area (Å²) in [6, 6.07) is 5.46. The van der Waals surface area contributed by atoms with Gasteiger partial charge in [-0.15, -0.1) is 0 Å². The van der Waals surface area contributed by atoms with Crippen LogP contribution in [0.15, 0.2) is 18.2 Å². The Hall–Kier alpha value is -1.32. The number of methoxy groups -OCH3 is 1. The first-order valence-corrected chi connectivity index (χ1v) is 7.78. The molecule has 0 spiro atoms. The normalized spacial score (nSPS) is 16.5. The van der Waals surface area contributed by atoms with E-state index in [0.29, 0.717) is 5.75 Å². The number of rotatable bonds is 5. The van der Waals surface area contributed by atoms with Crippen LogP contribution in [0.1, 0.15) is 24.5 Å². The molecule has 0 amide bonds. The van der Waals surface area contributed by atoms with Crippen molar-refractivity contribution in [2.45, 2.75) is 26.2 Å². The molecule has 104 valence electrons. The van der Waals surface area contributed by atoms with Crippen molar-refractivity contribution in [2.24, 2.45) is 0 Å². The van der Waals surface area contributed by atoms with Crippen molar-refractivity contribution in [1.29, 1.82) is 0 Å². The largest absolute Gasteiger partial charge is 0.487 e. The average Bonchev–Trinajstić information content (AvgIpc) is 2.85. The number of aryl methyl sites for hydroxylation is 2. The maximum absolute atomic E-state index is 12.3. The predicted molar refractivity (Wildman–Crippen MR) is 70.7 cm³/mol. The van der Waals surface area contributed by atoms with Gasteiger partial charge < -0.3 is 9.26 Å². The Balaban J connectivity index is 2.22. The van der Waals surface area contributed by atoms with Gasteiger partial charge in [-0.05, 0) is 49.4 Å². The minimum atomic E-state index is -3.92. The van der Waals surface area contributed by atoms with Crippen molar-refractivity contribution in [1.82, 2.24) is 0 Å². The molecular formula is C13H17O5P. The number of carbonyl (C=O) groups is 1. The standard InChI is InChI=1S/C13H17O5P/c1-3-17-19(15,13(14)16-2)18-12-8-7-10-5-4-6-11(10)9-12/h7-9H,3-6H2,1-2H3. The van der Waals surface area contributed by atoms with Crippen LogP contribution < -0.4 is 4.52 Å². The number of carbonyl (C=O) groups excluding carboxylic acids is 1. The lowest BCUT2D eigenvalue weighted by Gasteiger charge is -2.16. The van der Waals surface area contributed by atoms with Gasteiger partial charge in [0.1, 0.15) is 5.75 Å². The van der Waals surface area contributed by atoms with Crippen LogP contribution in [-0.2, 0) is 26.7 Å². The molecule has 1 aromatic rings. The molecule has 1 aliphatic carbocycles. The van der Waals surface area contributed by atoms with Gasteiger partial charge in [0.15, 0.2) is 0 Å². The summed E-state index contributed by atoms with van der Waals surface area (Å²) in [5, 5.41) is 0. The van der Waals surface area contributed by atoms with Gasteiger partial charge in [-0.25, -0.2) is 9.36 Å². The highest BCUT2D eigenvalue weighted by Gasteiger charge is 2.38. The monoisotopic (exact) mass is 284 g/mol. The first kappa shape index (κ1) is 14.1. The molecule has 1 unspecified atom stereocenters. The fourth-order valence-electron chi connectivity index (χ4n) is 2.14. The molecule has 5 nitrogen and oxygen atoms in total. The molecule has 1 aromatic carbocycles. The highest BCUT2D eigenvalue weighted by Crippen LogP contribution is 2.50. The molecule has 1 aliphatic rings. The number of hydrogen-bond donors (Lipinski definition) is 0. The number of ether oxygens (including phenoxy) is 1. The summed E-state index contributed by atoms with van der Waals surface area (Å²) in [4.78, 5) is 11.5. The van der Waals surface area contributed by atoms with Gasteiger partial charge >= 0.3 is 13.3 Å². The molecule has 0 saturated heterocycles. The topological polar surface area (TPSA) is 61.8 Å². The number of benzene rings is 1. The summed E-state index contributed by atoms with van der Waals surface area (Å²) in [5.74, 6) is 0.378. The van der Waals surface area contributed by atoms with E-state index in [1.54, 1.807) is 13.0 Å². The third kappa shape index (κ3) is 2.99. The lowest BCUT2D eigenvalue weighted by atomic mass is 10.1. The Labute approximate surface area is 112 Å². The fourth-order valence-corrected chi connectivity index (χ4v) is 3.33. The zero-order valence-corrected chi connectivity index (χ0v) is 11.9. The van der Waals surface area contributed by atoms with E-state index in [1.165, 1.54) is 11.1 Å². The average molecular weight is 284 g/mol. The van der Waals surface area contributed by atoms with Gasteiger partial charge in [0, 0.05) is 0 Å². The molecule has 0 aliphatic heterocycles. The van der Waals surface area contributed by atoms with E-state index in [4.69, 9.17) is 9.05 Å². The maximum atomic E-state index is 12.3.